The van der Waals surface area contributed by atoms with Crippen LogP contribution in [0, 0.1) is 0 Å². The lowest BCUT2D eigenvalue weighted by Crippen LogP contribution is -2.32. The Morgan fingerprint density at radius 1 is 1.04 bits per heavy atom. The maximum atomic E-state index is 13.4. The zero-order chi connectivity index (χ0) is 18.9. The van der Waals surface area contributed by atoms with Crippen molar-refractivity contribution in [2.24, 2.45) is 0 Å². The van der Waals surface area contributed by atoms with E-state index in [0.29, 0.717) is 18.9 Å². The van der Waals surface area contributed by atoms with Gasteiger partial charge in [-0.15, -0.1) is 0 Å². The van der Waals surface area contributed by atoms with Crippen LogP contribution in [0.15, 0.2) is 61.1 Å². The van der Waals surface area contributed by atoms with E-state index in [1.165, 1.54) is 0 Å². The van der Waals surface area contributed by atoms with Gasteiger partial charge >= 0.3 is 0 Å². The predicted molar refractivity (Wildman–Crippen MR) is 104 cm³/mol. The molecule has 1 aromatic heterocycles. The van der Waals surface area contributed by atoms with Gasteiger partial charge in [0, 0.05) is 12.2 Å². The van der Waals surface area contributed by atoms with Gasteiger partial charge < -0.3 is 14.4 Å². The molecule has 2 aliphatic rings. The number of imidazole rings is 1. The van der Waals surface area contributed by atoms with Crippen LogP contribution < -0.4 is 9.47 Å². The molecular formula is C22H21N3O3. The van der Waals surface area contributed by atoms with Gasteiger partial charge in [0.25, 0.3) is 5.91 Å². The Morgan fingerprint density at radius 2 is 1.86 bits per heavy atom. The Balaban J connectivity index is 1.45. The van der Waals surface area contributed by atoms with Crippen LogP contribution in [0.25, 0.3) is 5.69 Å². The van der Waals surface area contributed by atoms with E-state index in [1.807, 2.05) is 58.0 Å². The second-order valence-corrected chi connectivity index (χ2v) is 7.04. The van der Waals surface area contributed by atoms with Crippen molar-refractivity contribution in [3.8, 4) is 17.2 Å². The largest absolute Gasteiger partial charge is 0.486 e. The molecule has 142 valence electrons. The lowest BCUT2D eigenvalue weighted by Gasteiger charge is -2.27. The fourth-order valence-corrected chi connectivity index (χ4v) is 4.02. The molecule has 1 amide bonds. The molecule has 0 saturated carbocycles. The average Bonchev–Trinajstić information content (AvgIpc) is 3.43. The van der Waals surface area contributed by atoms with Gasteiger partial charge in [-0.25, -0.2) is 4.98 Å². The highest BCUT2D eigenvalue weighted by molar-refractivity contribution is 5.93. The second-order valence-electron chi connectivity index (χ2n) is 7.04. The lowest BCUT2D eigenvalue weighted by molar-refractivity contribution is 0.0727. The number of para-hydroxylation sites is 1. The topological polar surface area (TPSA) is 56.6 Å². The Kier molecular flexibility index (Phi) is 4.24. The van der Waals surface area contributed by atoms with E-state index in [-0.39, 0.29) is 11.9 Å². The van der Waals surface area contributed by atoms with Crippen molar-refractivity contribution in [1.29, 1.82) is 0 Å². The minimum absolute atomic E-state index is 0.00116. The molecule has 0 N–H and O–H groups in total. The molecule has 1 atom stereocenters. The smallest absolute Gasteiger partial charge is 0.273 e. The Labute approximate surface area is 163 Å². The number of fused-ring (bicyclic) bond motifs is 1. The molecular weight excluding hydrogens is 354 g/mol. The third-order valence-electron chi connectivity index (χ3n) is 5.36. The van der Waals surface area contributed by atoms with Crippen LogP contribution in [0.1, 0.15) is 34.9 Å². The van der Waals surface area contributed by atoms with Crippen LogP contribution in [0.2, 0.25) is 0 Å². The van der Waals surface area contributed by atoms with Gasteiger partial charge in [0.15, 0.2) is 11.5 Å². The summed E-state index contributed by atoms with van der Waals surface area (Å²) in [6.07, 6.45) is 5.25. The molecule has 28 heavy (non-hydrogen) atoms. The summed E-state index contributed by atoms with van der Waals surface area (Å²) < 4.78 is 13.2. The van der Waals surface area contributed by atoms with Crippen LogP contribution in [-0.4, -0.2) is 40.1 Å². The molecule has 0 spiro atoms. The summed E-state index contributed by atoms with van der Waals surface area (Å²) in [6, 6.07) is 15.8. The summed E-state index contributed by atoms with van der Waals surface area (Å²) in [7, 11) is 0. The maximum absolute atomic E-state index is 13.4. The molecule has 3 heterocycles. The van der Waals surface area contributed by atoms with Crippen LogP contribution in [0.4, 0.5) is 0 Å². The predicted octanol–water partition coefficient (Wildman–Crippen LogP) is 3.62. The highest BCUT2D eigenvalue weighted by Gasteiger charge is 2.33. The van der Waals surface area contributed by atoms with Crippen molar-refractivity contribution in [1.82, 2.24) is 14.5 Å². The standard InChI is InChI=1S/C22H21N3O3/c26-22(19-14-23-15-25(19)17-5-2-1-3-6-17)24-10-4-7-18(24)16-8-9-20-21(13-16)28-12-11-27-20/h1-3,5-6,8-9,13-15,18H,4,7,10-12H2. The van der Waals surface area contributed by atoms with Crippen LogP contribution in [0.3, 0.4) is 0 Å². The summed E-state index contributed by atoms with van der Waals surface area (Å²) >= 11 is 0. The van der Waals surface area contributed by atoms with Gasteiger partial charge in [0.1, 0.15) is 18.9 Å². The molecule has 5 rings (SSSR count). The molecule has 1 unspecified atom stereocenters. The molecule has 6 heteroatoms. The zero-order valence-electron chi connectivity index (χ0n) is 15.5. The number of likely N-dealkylation sites (tertiary alicyclic amines) is 1. The first-order valence-corrected chi connectivity index (χ1v) is 9.59. The van der Waals surface area contributed by atoms with E-state index in [2.05, 4.69) is 4.98 Å². The number of carbonyl (C=O) groups excluding carboxylic acids is 1. The molecule has 0 aliphatic carbocycles. The molecule has 2 aromatic carbocycles. The number of rotatable bonds is 3. The van der Waals surface area contributed by atoms with E-state index in [9.17, 15) is 4.79 Å². The monoisotopic (exact) mass is 375 g/mol. The highest BCUT2D eigenvalue weighted by atomic mass is 16.6. The summed E-state index contributed by atoms with van der Waals surface area (Å²) in [5.74, 6) is 1.53. The van der Waals surface area contributed by atoms with Gasteiger partial charge in [-0.05, 0) is 42.7 Å². The van der Waals surface area contributed by atoms with Crippen molar-refractivity contribution < 1.29 is 14.3 Å². The van der Waals surface area contributed by atoms with Gasteiger partial charge in [0.2, 0.25) is 0 Å². The molecule has 2 aliphatic heterocycles. The van der Waals surface area contributed by atoms with E-state index >= 15 is 0 Å². The number of aromatic nitrogens is 2. The number of hydrogen-bond acceptors (Lipinski definition) is 4. The summed E-state index contributed by atoms with van der Waals surface area (Å²) in [6.45, 7) is 1.86. The molecule has 1 saturated heterocycles. The SMILES string of the molecule is O=C(c1cncn1-c1ccccc1)N1CCCC1c1ccc2c(c1)OCCO2. The van der Waals surface area contributed by atoms with E-state index < -0.39 is 0 Å². The number of amides is 1. The maximum Gasteiger partial charge on any atom is 0.273 e. The Bertz CT molecular complexity index is 999. The number of benzene rings is 2. The van der Waals surface area contributed by atoms with Crippen molar-refractivity contribution in [2.75, 3.05) is 19.8 Å². The zero-order valence-corrected chi connectivity index (χ0v) is 15.5. The van der Waals surface area contributed by atoms with Crippen molar-refractivity contribution >= 4 is 5.91 Å². The van der Waals surface area contributed by atoms with Crippen molar-refractivity contribution in [3.63, 3.8) is 0 Å². The van der Waals surface area contributed by atoms with E-state index in [1.54, 1.807) is 12.5 Å². The van der Waals surface area contributed by atoms with Gasteiger partial charge in [-0.2, -0.15) is 0 Å². The van der Waals surface area contributed by atoms with Gasteiger partial charge in [-0.3, -0.25) is 9.36 Å². The third-order valence-corrected chi connectivity index (χ3v) is 5.36. The van der Waals surface area contributed by atoms with E-state index in [0.717, 1.165) is 42.1 Å². The highest BCUT2D eigenvalue weighted by Crippen LogP contribution is 2.38. The summed E-state index contributed by atoms with van der Waals surface area (Å²) in [5.41, 5.74) is 2.59. The van der Waals surface area contributed by atoms with E-state index in [4.69, 9.17) is 9.47 Å². The first-order chi connectivity index (χ1) is 13.8. The number of hydrogen-bond donors (Lipinski definition) is 0. The molecule has 1 fully saturated rings. The van der Waals surface area contributed by atoms with Crippen LogP contribution >= 0.6 is 0 Å². The molecule has 3 aromatic rings. The van der Waals surface area contributed by atoms with Crippen molar-refractivity contribution in [2.45, 2.75) is 18.9 Å². The molecule has 0 radical (unpaired) electrons. The average molecular weight is 375 g/mol. The minimum Gasteiger partial charge on any atom is -0.486 e. The van der Waals surface area contributed by atoms with Crippen LogP contribution in [-0.2, 0) is 0 Å². The number of nitrogens with zero attached hydrogens (tertiary/aromatic N) is 3. The van der Waals surface area contributed by atoms with Crippen molar-refractivity contribution in [3.05, 3.63) is 72.3 Å². The summed E-state index contributed by atoms with van der Waals surface area (Å²) in [5, 5.41) is 0. The summed E-state index contributed by atoms with van der Waals surface area (Å²) in [4.78, 5) is 19.6. The Morgan fingerprint density at radius 3 is 2.71 bits per heavy atom. The van der Waals surface area contributed by atoms with Gasteiger partial charge in [-0.1, -0.05) is 24.3 Å². The third kappa shape index (κ3) is 2.91. The second kappa shape index (κ2) is 7.03. The Hall–Kier alpha value is -3.28. The quantitative estimate of drug-likeness (QED) is 0.702. The van der Waals surface area contributed by atoms with Crippen LogP contribution in [0.5, 0.6) is 11.5 Å². The number of ether oxygens (including phenoxy) is 2. The normalized spacial score (nSPS) is 18.3. The fourth-order valence-electron chi connectivity index (χ4n) is 4.02. The first-order valence-electron chi connectivity index (χ1n) is 9.59. The van der Waals surface area contributed by atoms with Gasteiger partial charge in [0.05, 0.1) is 18.6 Å². The lowest BCUT2D eigenvalue weighted by atomic mass is 10.0. The fraction of sp³-hybridized carbons (Fsp3) is 0.273. The first kappa shape index (κ1) is 16.9. The number of carbonyl (C=O) groups is 1. The molecule has 6 nitrogen and oxygen atoms in total. The minimum atomic E-state index is -0.00116. The molecule has 0 bridgehead atoms.